The number of carboxylic acids is 1. The molecule has 1 rings (SSSR count). The minimum absolute atomic E-state index is 0.156. The second-order valence-electron chi connectivity index (χ2n) is 6.55. The molecular weight excluding hydrogens is 244 g/mol. The molecule has 1 fully saturated rings. The molecule has 1 aliphatic carbocycles. The van der Waals surface area contributed by atoms with Gasteiger partial charge in [0, 0.05) is 6.04 Å². The molecule has 3 atom stereocenters. The topological polar surface area (TPSA) is 92.4 Å². The molecule has 1 amide bonds. The molecule has 0 spiro atoms. The quantitative estimate of drug-likeness (QED) is 0.678. The van der Waals surface area contributed by atoms with Gasteiger partial charge >= 0.3 is 5.97 Å². The van der Waals surface area contributed by atoms with Crippen molar-refractivity contribution in [3.8, 4) is 0 Å². The summed E-state index contributed by atoms with van der Waals surface area (Å²) >= 11 is 0. The molecule has 5 nitrogen and oxygen atoms in total. The normalized spacial score (nSPS) is 26.3. The van der Waals surface area contributed by atoms with E-state index in [1.54, 1.807) is 20.8 Å². The van der Waals surface area contributed by atoms with E-state index >= 15 is 0 Å². The Hall–Kier alpha value is -1.10. The number of nitrogens with one attached hydrogen (secondary N) is 1. The van der Waals surface area contributed by atoms with E-state index in [9.17, 15) is 14.7 Å². The lowest BCUT2D eigenvalue weighted by molar-refractivity contribution is -0.145. The predicted octanol–water partition coefficient (Wildman–Crippen LogP) is 1.51. The van der Waals surface area contributed by atoms with Gasteiger partial charge < -0.3 is 16.2 Å². The summed E-state index contributed by atoms with van der Waals surface area (Å²) in [6.45, 7) is 5.41. The predicted molar refractivity (Wildman–Crippen MR) is 73.6 cm³/mol. The first-order valence-electron chi connectivity index (χ1n) is 7.02. The first-order valence-corrected chi connectivity index (χ1v) is 7.02. The van der Waals surface area contributed by atoms with Crippen molar-refractivity contribution in [2.45, 2.75) is 65.0 Å². The highest BCUT2D eigenvalue weighted by Crippen LogP contribution is 2.24. The van der Waals surface area contributed by atoms with Crippen LogP contribution >= 0.6 is 0 Å². The third-order valence-corrected chi connectivity index (χ3v) is 3.81. The minimum Gasteiger partial charge on any atom is -0.480 e. The molecule has 0 aromatic rings. The molecule has 0 aromatic carbocycles. The van der Waals surface area contributed by atoms with Crippen molar-refractivity contribution in [2.24, 2.45) is 17.1 Å². The highest BCUT2D eigenvalue weighted by Gasteiger charge is 2.35. The summed E-state index contributed by atoms with van der Waals surface area (Å²) in [5.74, 6) is -1.47. The molecule has 5 heteroatoms. The zero-order valence-electron chi connectivity index (χ0n) is 12.1. The Bertz CT molecular complexity index is 336. The number of nitrogens with two attached hydrogens (primary N) is 1. The van der Waals surface area contributed by atoms with E-state index in [1.807, 2.05) is 0 Å². The standard InChI is InChI=1S/C14H26N2O3/c1-14(2,3)11(13(18)19)16-12(17)9-7-5-4-6-8-10(9)15/h9-11H,4-8,15H2,1-3H3,(H,16,17)(H,18,19)/t9?,10?,11-/m0/s1. The minimum atomic E-state index is -0.997. The molecule has 0 saturated heterocycles. The Labute approximate surface area is 114 Å². The van der Waals surface area contributed by atoms with Crippen LogP contribution in [0.15, 0.2) is 0 Å². The van der Waals surface area contributed by atoms with E-state index in [1.165, 1.54) is 0 Å². The maximum Gasteiger partial charge on any atom is 0.326 e. The van der Waals surface area contributed by atoms with Crippen LogP contribution in [-0.4, -0.2) is 29.1 Å². The van der Waals surface area contributed by atoms with Crippen LogP contribution in [0.5, 0.6) is 0 Å². The van der Waals surface area contributed by atoms with Crippen LogP contribution in [-0.2, 0) is 9.59 Å². The third-order valence-electron chi connectivity index (χ3n) is 3.81. The highest BCUT2D eigenvalue weighted by molar-refractivity contribution is 5.85. The lowest BCUT2D eigenvalue weighted by atomic mass is 9.85. The summed E-state index contributed by atoms with van der Waals surface area (Å²) in [7, 11) is 0. The van der Waals surface area contributed by atoms with E-state index in [2.05, 4.69) is 5.32 Å². The second kappa shape index (κ2) is 6.37. The summed E-state index contributed by atoms with van der Waals surface area (Å²) in [4.78, 5) is 23.5. The number of hydrogen-bond acceptors (Lipinski definition) is 3. The Balaban J connectivity index is 2.73. The van der Waals surface area contributed by atoms with E-state index in [-0.39, 0.29) is 17.9 Å². The zero-order chi connectivity index (χ0) is 14.6. The number of carbonyl (C=O) groups excluding carboxylic acids is 1. The lowest BCUT2D eigenvalue weighted by Gasteiger charge is -2.30. The van der Waals surface area contributed by atoms with Crippen molar-refractivity contribution in [1.82, 2.24) is 5.32 Å². The van der Waals surface area contributed by atoms with Gasteiger partial charge in [0.2, 0.25) is 5.91 Å². The summed E-state index contributed by atoms with van der Waals surface area (Å²) in [6.07, 6.45) is 4.72. The molecule has 1 saturated carbocycles. The smallest absolute Gasteiger partial charge is 0.326 e. The molecule has 2 unspecified atom stereocenters. The second-order valence-corrected chi connectivity index (χ2v) is 6.55. The summed E-state index contributed by atoms with van der Waals surface area (Å²) < 4.78 is 0. The van der Waals surface area contributed by atoms with Crippen LogP contribution in [0.1, 0.15) is 52.9 Å². The third kappa shape index (κ3) is 4.49. The van der Waals surface area contributed by atoms with Gasteiger partial charge in [0.15, 0.2) is 0 Å². The average molecular weight is 270 g/mol. The fourth-order valence-electron chi connectivity index (χ4n) is 2.56. The fourth-order valence-corrected chi connectivity index (χ4v) is 2.56. The number of amides is 1. The van der Waals surface area contributed by atoms with Gasteiger partial charge in [0.25, 0.3) is 0 Å². The van der Waals surface area contributed by atoms with Crippen molar-refractivity contribution in [2.75, 3.05) is 0 Å². The first-order chi connectivity index (χ1) is 8.73. The molecule has 0 heterocycles. The van der Waals surface area contributed by atoms with Crippen LogP contribution in [0.3, 0.4) is 0 Å². The van der Waals surface area contributed by atoms with Crippen LogP contribution < -0.4 is 11.1 Å². The Morgan fingerprint density at radius 1 is 1.21 bits per heavy atom. The monoisotopic (exact) mass is 270 g/mol. The Morgan fingerprint density at radius 3 is 2.32 bits per heavy atom. The molecule has 110 valence electrons. The van der Waals surface area contributed by atoms with E-state index < -0.39 is 17.4 Å². The SMILES string of the molecule is CC(C)(C)[C@@H](NC(=O)C1CCCCCC1N)C(=O)O. The highest BCUT2D eigenvalue weighted by atomic mass is 16.4. The fraction of sp³-hybridized carbons (Fsp3) is 0.857. The molecule has 0 aliphatic heterocycles. The average Bonchev–Trinajstić information content (AvgIpc) is 2.48. The van der Waals surface area contributed by atoms with E-state index in [4.69, 9.17) is 5.73 Å². The van der Waals surface area contributed by atoms with E-state index in [0.29, 0.717) is 0 Å². The van der Waals surface area contributed by atoms with Crippen LogP contribution in [0, 0.1) is 11.3 Å². The van der Waals surface area contributed by atoms with Gasteiger partial charge in [0.1, 0.15) is 6.04 Å². The maximum atomic E-state index is 12.3. The van der Waals surface area contributed by atoms with Crippen molar-refractivity contribution in [1.29, 1.82) is 0 Å². The van der Waals surface area contributed by atoms with Crippen LogP contribution in [0.2, 0.25) is 0 Å². The van der Waals surface area contributed by atoms with Crippen LogP contribution in [0.25, 0.3) is 0 Å². The molecule has 0 bridgehead atoms. The first kappa shape index (κ1) is 16.0. The van der Waals surface area contributed by atoms with Gasteiger partial charge in [-0.05, 0) is 18.3 Å². The van der Waals surface area contributed by atoms with E-state index in [0.717, 1.165) is 32.1 Å². The number of hydrogen-bond donors (Lipinski definition) is 3. The zero-order valence-corrected chi connectivity index (χ0v) is 12.1. The van der Waals surface area contributed by atoms with Crippen molar-refractivity contribution in [3.63, 3.8) is 0 Å². The summed E-state index contributed by atoms with van der Waals surface area (Å²) in [5.41, 5.74) is 5.51. The largest absolute Gasteiger partial charge is 0.480 e. The molecular formula is C14H26N2O3. The van der Waals surface area contributed by atoms with Gasteiger partial charge in [-0.2, -0.15) is 0 Å². The molecule has 1 aliphatic rings. The lowest BCUT2D eigenvalue weighted by Crippen LogP contribution is -2.53. The molecule has 0 radical (unpaired) electrons. The van der Waals surface area contributed by atoms with Gasteiger partial charge in [-0.15, -0.1) is 0 Å². The number of carboxylic acid groups (broad SMARTS) is 1. The number of carbonyl (C=O) groups is 2. The summed E-state index contributed by atoms with van der Waals surface area (Å²) in [6, 6.07) is -1.03. The van der Waals surface area contributed by atoms with Crippen LogP contribution in [0.4, 0.5) is 0 Å². The molecule has 19 heavy (non-hydrogen) atoms. The molecule has 4 N–H and O–H groups in total. The van der Waals surface area contributed by atoms with Gasteiger partial charge in [0.05, 0.1) is 5.92 Å². The number of aliphatic carboxylic acids is 1. The maximum absolute atomic E-state index is 12.3. The van der Waals surface area contributed by atoms with Crippen molar-refractivity contribution >= 4 is 11.9 Å². The van der Waals surface area contributed by atoms with Crippen molar-refractivity contribution in [3.05, 3.63) is 0 Å². The van der Waals surface area contributed by atoms with Gasteiger partial charge in [-0.25, -0.2) is 4.79 Å². The van der Waals surface area contributed by atoms with Gasteiger partial charge in [-0.3, -0.25) is 4.79 Å². The molecule has 0 aromatic heterocycles. The van der Waals surface area contributed by atoms with Crippen molar-refractivity contribution < 1.29 is 14.7 Å². The van der Waals surface area contributed by atoms with Gasteiger partial charge in [-0.1, -0.05) is 40.0 Å². The Kier molecular flexibility index (Phi) is 5.35. The number of rotatable bonds is 3. The summed E-state index contributed by atoms with van der Waals surface area (Å²) in [5, 5.41) is 11.9. The Morgan fingerprint density at radius 2 is 1.79 bits per heavy atom.